The third-order valence-electron chi connectivity index (χ3n) is 2.48. The number of rotatable bonds is 5. The van der Waals surface area contributed by atoms with Gasteiger partial charge in [-0.3, -0.25) is 0 Å². The molecule has 0 bridgehead atoms. The minimum atomic E-state index is 0.127. The van der Waals surface area contributed by atoms with Gasteiger partial charge in [0.2, 0.25) is 5.89 Å². The molecule has 0 N–H and O–H groups in total. The van der Waals surface area contributed by atoms with Gasteiger partial charge in [0.15, 0.2) is 5.82 Å². The zero-order chi connectivity index (χ0) is 13.0. The second kappa shape index (κ2) is 5.91. The van der Waals surface area contributed by atoms with Crippen molar-refractivity contribution in [1.29, 1.82) is 0 Å². The largest absolute Gasteiger partial charge is 0.339 e. The van der Waals surface area contributed by atoms with Crippen LogP contribution in [-0.2, 0) is 17.6 Å². The number of hydrogen-bond donors (Lipinski definition) is 0. The maximum absolute atomic E-state index is 10.9. The Bertz CT molecular complexity index is 534. The minimum absolute atomic E-state index is 0.127. The van der Waals surface area contributed by atoms with E-state index in [0.29, 0.717) is 31.0 Å². The summed E-state index contributed by atoms with van der Waals surface area (Å²) >= 11 is 3.39. The lowest BCUT2D eigenvalue weighted by Gasteiger charge is -1.96. The summed E-state index contributed by atoms with van der Waals surface area (Å²) in [5.74, 6) is 1.30. The Morgan fingerprint density at radius 3 is 2.72 bits per heavy atom. The molecule has 0 fully saturated rings. The number of aryl methyl sites for hydroxylation is 1. The zero-order valence-electron chi connectivity index (χ0n) is 10.0. The van der Waals surface area contributed by atoms with Gasteiger partial charge in [0.05, 0.1) is 0 Å². The molecular weight excluding hydrogens is 296 g/mol. The van der Waals surface area contributed by atoms with Gasteiger partial charge in [-0.05, 0) is 24.6 Å². The topological polar surface area (TPSA) is 56.0 Å². The highest BCUT2D eigenvalue weighted by Crippen LogP contribution is 2.13. The molecule has 0 aliphatic heterocycles. The summed E-state index contributed by atoms with van der Waals surface area (Å²) in [6.45, 7) is 1.55. The number of carbonyl (C=O) groups is 1. The molecule has 1 aromatic carbocycles. The smallest absolute Gasteiger partial charge is 0.227 e. The minimum Gasteiger partial charge on any atom is -0.339 e. The van der Waals surface area contributed by atoms with E-state index in [0.717, 1.165) is 10.0 Å². The van der Waals surface area contributed by atoms with Crippen molar-refractivity contribution in [2.75, 3.05) is 0 Å². The summed E-state index contributed by atoms with van der Waals surface area (Å²) in [6.07, 6.45) is 1.60. The van der Waals surface area contributed by atoms with E-state index < -0.39 is 0 Å². The number of carbonyl (C=O) groups excluding carboxylic acids is 1. The number of ketones is 1. The fourth-order valence-electron chi connectivity index (χ4n) is 1.53. The summed E-state index contributed by atoms with van der Waals surface area (Å²) in [6, 6.07) is 7.98. The first-order chi connectivity index (χ1) is 8.63. The number of benzene rings is 1. The predicted molar refractivity (Wildman–Crippen MR) is 70.2 cm³/mol. The van der Waals surface area contributed by atoms with Gasteiger partial charge in [-0.1, -0.05) is 33.2 Å². The van der Waals surface area contributed by atoms with Gasteiger partial charge >= 0.3 is 0 Å². The predicted octanol–water partition coefficient (Wildman–Crippen LogP) is 2.94. The summed E-state index contributed by atoms with van der Waals surface area (Å²) in [7, 11) is 0. The molecule has 0 atom stereocenters. The molecule has 2 rings (SSSR count). The van der Waals surface area contributed by atoms with Crippen molar-refractivity contribution in [1.82, 2.24) is 10.1 Å². The van der Waals surface area contributed by atoms with Crippen LogP contribution in [0.2, 0.25) is 0 Å². The van der Waals surface area contributed by atoms with Crippen molar-refractivity contribution in [2.24, 2.45) is 0 Å². The zero-order valence-corrected chi connectivity index (χ0v) is 11.6. The van der Waals surface area contributed by atoms with Crippen LogP contribution in [0, 0.1) is 0 Å². The Kier molecular flexibility index (Phi) is 4.25. The fourth-order valence-corrected chi connectivity index (χ4v) is 1.80. The number of hydrogen-bond acceptors (Lipinski definition) is 4. The van der Waals surface area contributed by atoms with E-state index in [9.17, 15) is 4.79 Å². The number of halogens is 1. The maximum Gasteiger partial charge on any atom is 0.227 e. The van der Waals surface area contributed by atoms with E-state index in [4.69, 9.17) is 4.52 Å². The van der Waals surface area contributed by atoms with Crippen LogP contribution in [-0.4, -0.2) is 15.9 Å². The molecular formula is C13H13BrN2O2. The van der Waals surface area contributed by atoms with Crippen molar-refractivity contribution < 1.29 is 9.32 Å². The van der Waals surface area contributed by atoms with Gasteiger partial charge < -0.3 is 9.32 Å². The second-order valence-corrected chi connectivity index (χ2v) is 5.03. The van der Waals surface area contributed by atoms with Gasteiger partial charge in [-0.25, -0.2) is 0 Å². The summed E-state index contributed by atoms with van der Waals surface area (Å²) in [5, 5.41) is 3.90. The van der Waals surface area contributed by atoms with Crippen molar-refractivity contribution >= 4 is 21.7 Å². The van der Waals surface area contributed by atoms with Crippen LogP contribution in [0.25, 0.3) is 0 Å². The van der Waals surface area contributed by atoms with E-state index in [-0.39, 0.29) is 5.78 Å². The molecule has 0 aliphatic carbocycles. The Balaban J connectivity index is 1.97. The molecule has 18 heavy (non-hydrogen) atoms. The summed E-state index contributed by atoms with van der Waals surface area (Å²) < 4.78 is 6.13. The molecule has 1 heterocycles. The molecule has 0 unspecified atom stereocenters. The van der Waals surface area contributed by atoms with Crippen molar-refractivity contribution in [2.45, 2.75) is 26.2 Å². The Morgan fingerprint density at radius 1 is 1.33 bits per heavy atom. The standard InChI is InChI=1S/C13H13BrN2O2/c1-9(17)2-7-13-15-12(16-18-13)8-10-3-5-11(14)6-4-10/h3-6H,2,7-8H2,1H3. The van der Waals surface area contributed by atoms with Gasteiger partial charge in [0.25, 0.3) is 0 Å². The fraction of sp³-hybridized carbons (Fsp3) is 0.308. The summed E-state index contributed by atoms with van der Waals surface area (Å²) in [4.78, 5) is 15.1. The molecule has 0 spiro atoms. The Labute approximate surface area is 114 Å². The van der Waals surface area contributed by atoms with Crippen LogP contribution >= 0.6 is 15.9 Å². The summed E-state index contributed by atoms with van der Waals surface area (Å²) in [5.41, 5.74) is 1.12. The van der Waals surface area contributed by atoms with E-state index in [2.05, 4.69) is 26.1 Å². The normalized spacial score (nSPS) is 10.6. The Morgan fingerprint density at radius 2 is 2.06 bits per heavy atom. The number of aromatic nitrogens is 2. The van der Waals surface area contributed by atoms with Crippen molar-refractivity contribution in [3.05, 3.63) is 46.0 Å². The lowest BCUT2D eigenvalue weighted by atomic mass is 10.1. The van der Waals surface area contributed by atoms with Gasteiger partial charge in [-0.15, -0.1) is 0 Å². The third-order valence-corrected chi connectivity index (χ3v) is 3.01. The van der Waals surface area contributed by atoms with Crippen LogP contribution in [0.5, 0.6) is 0 Å². The van der Waals surface area contributed by atoms with Gasteiger partial charge in [0, 0.05) is 23.7 Å². The monoisotopic (exact) mass is 308 g/mol. The first-order valence-corrected chi connectivity index (χ1v) is 6.48. The van der Waals surface area contributed by atoms with E-state index in [1.165, 1.54) is 0 Å². The highest BCUT2D eigenvalue weighted by atomic mass is 79.9. The van der Waals surface area contributed by atoms with Gasteiger partial charge in [-0.2, -0.15) is 4.98 Å². The molecule has 1 aromatic heterocycles. The lowest BCUT2D eigenvalue weighted by Crippen LogP contribution is -1.95. The van der Waals surface area contributed by atoms with Gasteiger partial charge in [0.1, 0.15) is 5.78 Å². The van der Waals surface area contributed by atoms with Crippen molar-refractivity contribution in [3.8, 4) is 0 Å². The average molecular weight is 309 g/mol. The highest BCUT2D eigenvalue weighted by molar-refractivity contribution is 9.10. The molecule has 0 saturated carbocycles. The maximum atomic E-state index is 10.9. The average Bonchev–Trinajstić information content (AvgIpc) is 2.77. The van der Waals surface area contributed by atoms with Crippen LogP contribution < -0.4 is 0 Å². The van der Waals surface area contributed by atoms with Crippen LogP contribution in [0.4, 0.5) is 0 Å². The highest BCUT2D eigenvalue weighted by Gasteiger charge is 2.07. The van der Waals surface area contributed by atoms with Crippen molar-refractivity contribution in [3.63, 3.8) is 0 Å². The molecule has 0 aliphatic rings. The molecule has 2 aromatic rings. The lowest BCUT2D eigenvalue weighted by molar-refractivity contribution is -0.117. The molecule has 94 valence electrons. The molecule has 5 heteroatoms. The van der Waals surface area contributed by atoms with Crippen LogP contribution in [0.1, 0.15) is 30.6 Å². The molecule has 0 radical (unpaired) electrons. The SMILES string of the molecule is CC(=O)CCc1nc(Cc2ccc(Br)cc2)no1. The third kappa shape index (κ3) is 3.77. The van der Waals surface area contributed by atoms with Crippen LogP contribution in [0.15, 0.2) is 33.3 Å². The first kappa shape index (κ1) is 13.0. The number of Topliss-reactive ketones (excluding diaryl/α,β-unsaturated/α-hetero) is 1. The Hall–Kier alpha value is -1.49. The van der Waals surface area contributed by atoms with Crippen LogP contribution in [0.3, 0.4) is 0 Å². The first-order valence-electron chi connectivity index (χ1n) is 5.69. The quantitative estimate of drug-likeness (QED) is 0.852. The van der Waals surface area contributed by atoms with E-state index >= 15 is 0 Å². The molecule has 4 nitrogen and oxygen atoms in total. The van der Waals surface area contributed by atoms with E-state index in [1.807, 2.05) is 24.3 Å². The molecule has 0 saturated heterocycles. The second-order valence-electron chi connectivity index (χ2n) is 4.11. The number of nitrogens with zero attached hydrogens (tertiary/aromatic N) is 2. The molecule has 0 amide bonds. The van der Waals surface area contributed by atoms with E-state index in [1.54, 1.807) is 6.92 Å².